The number of nitrogens with one attached hydrogen (secondary N) is 1. The summed E-state index contributed by atoms with van der Waals surface area (Å²) in [6, 6.07) is 4.20. The van der Waals surface area contributed by atoms with Gasteiger partial charge in [0.2, 0.25) is 21.8 Å². The third-order valence-electron chi connectivity index (χ3n) is 4.88. The first kappa shape index (κ1) is 19.6. The van der Waals surface area contributed by atoms with E-state index in [2.05, 4.69) is 10.8 Å². The molecule has 0 atom stereocenters. The molecule has 7 nitrogen and oxygen atoms in total. The minimum absolute atomic E-state index is 0.00317. The van der Waals surface area contributed by atoms with E-state index in [0.717, 1.165) is 24.2 Å². The van der Waals surface area contributed by atoms with E-state index in [0.29, 0.717) is 13.0 Å². The Labute approximate surface area is 159 Å². The highest BCUT2D eigenvalue weighted by Gasteiger charge is 2.33. The summed E-state index contributed by atoms with van der Waals surface area (Å²) in [6.07, 6.45) is 7.53. The van der Waals surface area contributed by atoms with Gasteiger partial charge in [0.1, 0.15) is 5.75 Å². The number of hydrogen-bond donors (Lipinski definition) is 1. The van der Waals surface area contributed by atoms with Gasteiger partial charge < -0.3 is 4.74 Å². The molecule has 0 radical (unpaired) electrons. The maximum Gasteiger partial charge on any atom is 0.240 e. The van der Waals surface area contributed by atoms with E-state index in [9.17, 15) is 18.0 Å². The van der Waals surface area contributed by atoms with E-state index < -0.39 is 10.0 Å². The van der Waals surface area contributed by atoms with Gasteiger partial charge in [-0.25, -0.2) is 18.0 Å². The number of methoxy groups -OCH3 is 1. The van der Waals surface area contributed by atoms with Crippen molar-refractivity contribution in [3.05, 3.63) is 29.8 Å². The first-order valence-corrected chi connectivity index (χ1v) is 10.6. The Morgan fingerprint density at radius 3 is 2.48 bits per heavy atom. The van der Waals surface area contributed by atoms with Crippen molar-refractivity contribution >= 4 is 27.5 Å². The number of sulfonamides is 1. The molecule has 0 unspecified atom stereocenters. The third kappa shape index (κ3) is 4.39. The molecule has 1 heterocycles. The minimum Gasteiger partial charge on any atom is -0.495 e. The van der Waals surface area contributed by atoms with Crippen LogP contribution in [0.25, 0.3) is 0 Å². The Morgan fingerprint density at radius 1 is 1.11 bits per heavy atom. The molecule has 0 saturated carbocycles. The molecule has 1 aliphatic heterocycles. The van der Waals surface area contributed by atoms with Crippen molar-refractivity contribution in [2.24, 2.45) is 0 Å². The van der Waals surface area contributed by atoms with E-state index in [4.69, 9.17) is 4.74 Å². The fourth-order valence-electron chi connectivity index (χ4n) is 3.42. The number of hydrogen-bond acceptors (Lipinski definition) is 5. The molecule has 0 aromatic heterocycles. The molecule has 2 amide bonds. The van der Waals surface area contributed by atoms with Crippen molar-refractivity contribution in [2.45, 2.75) is 49.8 Å². The maximum absolute atomic E-state index is 12.6. The number of allylic oxidation sites excluding steroid dienone is 1. The van der Waals surface area contributed by atoms with Crippen LogP contribution in [0.15, 0.2) is 34.7 Å². The zero-order valence-electron chi connectivity index (χ0n) is 15.4. The lowest BCUT2D eigenvalue weighted by molar-refractivity contribution is -0.121. The smallest absolute Gasteiger partial charge is 0.240 e. The standard InChI is InChI=1S/C19H24N2O5S/c1-26-17-8-7-15(13-16(17)21-18(22)9-10-19(21)23)27(24,25)20-12-11-14-5-3-2-4-6-14/h5,7-8,13,20H,2-4,6,9-12H2,1H3. The molecule has 1 saturated heterocycles. The summed E-state index contributed by atoms with van der Waals surface area (Å²) in [7, 11) is -2.34. The van der Waals surface area contributed by atoms with Crippen molar-refractivity contribution in [1.82, 2.24) is 4.72 Å². The Bertz CT molecular complexity index is 860. The van der Waals surface area contributed by atoms with Crippen LogP contribution in [-0.2, 0) is 19.6 Å². The molecule has 1 fully saturated rings. The molecule has 1 aromatic carbocycles. The Kier molecular flexibility index (Phi) is 5.96. The van der Waals surface area contributed by atoms with Crippen LogP contribution in [-0.4, -0.2) is 33.9 Å². The number of carbonyl (C=O) groups is 2. The summed E-state index contributed by atoms with van der Waals surface area (Å²) in [5.41, 5.74) is 1.45. The van der Waals surface area contributed by atoms with Crippen molar-refractivity contribution < 1.29 is 22.7 Å². The first-order chi connectivity index (χ1) is 12.9. The van der Waals surface area contributed by atoms with Crippen LogP contribution < -0.4 is 14.4 Å². The van der Waals surface area contributed by atoms with Crippen LogP contribution in [0.2, 0.25) is 0 Å². The van der Waals surface area contributed by atoms with Crippen LogP contribution in [0.1, 0.15) is 44.9 Å². The van der Waals surface area contributed by atoms with Crippen molar-refractivity contribution in [1.29, 1.82) is 0 Å². The molecule has 27 heavy (non-hydrogen) atoms. The number of nitrogens with zero attached hydrogens (tertiary/aromatic N) is 1. The van der Waals surface area contributed by atoms with Gasteiger partial charge in [-0.1, -0.05) is 11.6 Å². The predicted molar refractivity (Wildman–Crippen MR) is 101 cm³/mol. The largest absolute Gasteiger partial charge is 0.495 e. The summed E-state index contributed by atoms with van der Waals surface area (Å²) in [5.74, 6) is -0.431. The number of carbonyl (C=O) groups excluding carboxylic acids is 2. The second kappa shape index (κ2) is 8.22. The van der Waals surface area contributed by atoms with Gasteiger partial charge in [0, 0.05) is 19.4 Å². The fraction of sp³-hybridized carbons (Fsp3) is 0.474. The normalized spacial score (nSPS) is 18.0. The third-order valence-corrected chi connectivity index (χ3v) is 6.33. The highest BCUT2D eigenvalue weighted by molar-refractivity contribution is 7.89. The summed E-state index contributed by atoms with van der Waals surface area (Å²) in [5, 5.41) is 0. The highest BCUT2D eigenvalue weighted by Crippen LogP contribution is 2.34. The van der Waals surface area contributed by atoms with Gasteiger partial charge in [0.05, 0.1) is 17.7 Å². The average Bonchev–Trinajstić information content (AvgIpc) is 3.00. The monoisotopic (exact) mass is 392 g/mol. The lowest BCUT2D eigenvalue weighted by Gasteiger charge is -2.18. The summed E-state index contributed by atoms with van der Waals surface area (Å²) in [6.45, 7) is 0.317. The van der Waals surface area contributed by atoms with Gasteiger partial charge in [0.15, 0.2) is 0 Å². The quantitative estimate of drug-likeness (QED) is 0.569. The number of amides is 2. The van der Waals surface area contributed by atoms with Gasteiger partial charge >= 0.3 is 0 Å². The summed E-state index contributed by atoms with van der Waals surface area (Å²) >= 11 is 0. The van der Waals surface area contributed by atoms with Crippen LogP contribution in [0.4, 0.5) is 5.69 Å². The number of benzene rings is 1. The van der Waals surface area contributed by atoms with Crippen LogP contribution in [0.5, 0.6) is 5.75 Å². The van der Waals surface area contributed by atoms with Crippen LogP contribution >= 0.6 is 0 Å². The molecule has 3 rings (SSSR count). The second-order valence-corrected chi connectivity index (χ2v) is 8.48. The van der Waals surface area contributed by atoms with E-state index in [1.807, 2.05) is 0 Å². The van der Waals surface area contributed by atoms with Gasteiger partial charge in [-0.2, -0.15) is 0 Å². The molecule has 146 valence electrons. The Balaban J connectivity index is 1.78. The van der Waals surface area contributed by atoms with Crippen molar-refractivity contribution in [3.8, 4) is 5.75 Å². The van der Waals surface area contributed by atoms with Crippen molar-refractivity contribution in [3.63, 3.8) is 0 Å². The summed E-state index contributed by atoms with van der Waals surface area (Å²) < 4.78 is 33.1. The lowest BCUT2D eigenvalue weighted by atomic mass is 9.97. The van der Waals surface area contributed by atoms with Crippen LogP contribution in [0.3, 0.4) is 0 Å². The van der Waals surface area contributed by atoms with E-state index >= 15 is 0 Å². The lowest BCUT2D eigenvalue weighted by Crippen LogP contribution is -2.30. The Hall–Kier alpha value is -2.19. The highest BCUT2D eigenvalue weighted by atomic mass is 32.2. The summed E-state index contributed by atoms with van der Waals surface area (Å²) in [4.78, 5) is 25.1. The topological polar surface area (TPSA) is 92.8 Å². The molecular weight excluding hydrogens is 368 g/mol. The first-order valence-electron chi connectivity index (χ1n) is 9.14. The zero-order chi connectivity index (χ0) is 19.4. The molecule has 0 spiro atoms. The average molecular weight is 392 g/mol. The van der Waals surface area contributed by atoms with E-state index in [-0.39, 0.29) is 41.0 Å². The van der Waals surface area contributed by atoms with Crippen molar-refractivity contribution in [2.75, 3.05) is 18.6 Å². The molecule has 0 bridgehead atoms. The van der Waals surface area contributed by atoms with Gasteiger partial charge in [-0.15, -0.1) is 0 Å². The minimum atomic E-state index is -3.76. The van der Waals surface area contributed by atoms with E-state index in [1.54, 1.807) is 0 Å². The Morgan fingerprint density at radius 2 is 1.85 bits per heavy atom. The SMILES string of the molecule is COc1ccc(S(=O)(=O)NCCC2=CCCCC2)cc1N1C(=O)CCC1=O. The molecular formula is C19H24N2O5S. The van der Waals surface area contributed by atoms with Gasteiger partial charge in [0.25, 0.3) is 0 Å². The predicted octanol–water partition coefficient (Wildman–Crippen LogP) is 2.52. The van der Waals surface area contributed by atoms with Gasteiger partial charge in [-0.3, -0.25) is 9.59 Å². The van der Waals surface area contributed by atoms with Gasteiger partial charge in [-0.05, 0) is 50.3 Å². The maximum atomic E-state index is 12.6. The molecule has 8 heteroatoms. The molecule has 1 N–H and O–H groups in total. The van der Waals surface area contributed by atoms with Crippen LogP contribution in [0, 0.1) is 0 Å². The number of imide groups is 1. The second-order valence-electron chi connectivity index (χ2n) is 6.71. The fourth-order valence-corrected chi connectivity index (χ4v) is 4.47. The number of ether oxygens (including phenoxy) is 1. The molecule has 2 aliphatic rings. The number of rotatable bonds is 7. The van der Waals surface area contributed by atoms with E-state index in [1.165, 1.54) is 37.3 Å². The zero-order valence-corrected chi connectivity index (χ0v) is 16.2. The molecule has 1 aromatic rings. The molecule has 1 aliphatic carbocycles. The number of anilines is 1.